The predicted molar refractivity (Wildman–Crippen MR) is 105 cm³/mol. The molecular weight excluding hydrogens is 352 g/mol. The number of carbonyl (C=O) groups excluding carboxylic acids is 1. The second-order valence-corrected chi connectivity index (χ2v) is 7.43. The number of aromatic nitrogens is 2. The van der Waals surface area contributed by atoms with Crippen LogP contribution in [0.2, 0.25) is 0 Å². The van der Waals surface area contributed by atoms with E-state index in [-0.39, 0.29) is 24.0 Å². The SMILES string of the molecule is CNCC1CCN(C(=O)c2ccc3c(c2)[nH]c(=O)n3C2CCCC2)C1.Cl. The summed E-state index contributed by atoms with van der Waals surface area (Å²) < 4.78 is 1.88. The number of rotatable bonds is 4. The monoisotopic (exact) mass is 378 g/mol. The normalized spacial score (nSPS) is 20.7. The van der Waals surface area contributed by atoms with E-state index < -0.39 is 0 Å². The van der Waals surface area contributed by atoms with Gasteiger partial charge >= 0.3 is 5.69 Å². The van der Waals surface area contributed by atoms with E-state index in [1.54, 1.807) is 0 Å². The summed E-state index contributed by atoms with van der Waals surface area (Å²) >= 11 is 0. The highest BCUT2D eigenvalue weighted by Gasteiger charge is 2.27. The lowest BCUT2D eigenvalue weighted by Gasteiger charge is -2.17. The number of imidazole rings is 1. The molecule has 2 aliphatic rings. The first kappa shape index (κ1) is 19.0. The Morgan fingerprint density at radius 3 is 2.77 bits per heavy atom. The molecule has 1 aliphatic heterocycles. The van der Waals surface area contributed by atoms with Gasteiger partial charge in [0.1, 0.15) is 0 Å². The van der Waals surface area contributed by atoms with E-state index >= 15 is 0 Å². The fourth-order valence-corrected chi connectivity index (χ4v) is 4.44. The van der Waals surface area contributed by atoms with E-state index in [1.165, 1.54) is 12.8 Å². The van der Waals surface area contributed by atoms with Crippen LogP contribution in [-0.2, 0) is 0 Å². The highest BCUT2D eigenvalue weighted by atomic mass is 35.5. The number of nitrogens with one attached hydrogen (secondary N) is 2. The zero-order valence-electron chi connectivity index (χ0n) is 15.2. The van der Waals surface area contributed by atoms with Crippen molar-refractivity contribution in [3.63, 3.8) is 0 Å². The second kappa shape index (κ2) is 7.84. The first-order chi connectivity index (χ1) is 12.2. The molecule has 1 saturated heterocycles. The van der Waals surface area contributed by atoms with Gasteiger partial charge in [-0.15, -0.1) is 12.4 Å². The van der Waals surface area contributed by atoms with Gasteiger partial charge in [0.15, 0.2) is 0 Å². The van der Waals surface area contributed by atoms with Gasteiger partial charge in [-0.25, -0.2) is 4.79 Å². The van der Waals surface area contributed by atoms with Crippen molar-refractivity contribution in [2.45, 2.75) is 38.1 Å². The van der Waals surface area contributed by atoms with Crippen LogP contribution in [0.15, 0.2) is 23.0 Å². The first-order valence-corrected chi connectivity index (χ1v) is 9.35. The van der Waals surface area contributed by atoms with Crippen LogP contribution in [0, 0.1) is 5.92 Å². The number of amides is 1. The van der Waals surface area contributed by atoms with Crippen LogP contribution in [0.3, 0.4) is 0 Å². The van der Waals surface area contributed by atoms with Crippen molar-refractivity contribution in [2.24, 2.45) is 5.92 Å². The standard InChI is InChI=1S/C19H26N4O2.ClH/c1-20-11-13-8-9-22(12-13)18(24)14-6-7-17-16(10-14)21-19(25)23(17)15-4-2-3-5-15;/h6-7,10,13,15,20H,2-5,8-9,11-12H2,1H3,(H,21,25);1H. The summed E-state index contributed by atoms with van der Waals surface area (Å²) in [5.74, 6) is 0.593. The van der Waals surface area contributed by atoms with E-state index in [4.69, 9.17) is 0 Å². The maximum Gasteiger partial charge on any atom is 0.326 e. The Morgan fingerprint density at radius 2 is 2.04 bits per heavy atom. The summed E-state index contributed by atoms with van der Waals surface area (Å²) in [7, 11) is 1.95. The maximum absolute atomic E-state index is 12.8. The molecule has 1 saturated carbocycles. The highest BCUT2D eigenvalue weighted by Crippen LogP contribution is 2.31. The molecule has 2 heterocycles. The van der Waals surface area contributed by atoms with Gasteiger partial charge < -0.3 is 15.2 Å². The molecule has 4 rings (SSSR count). The highest BCUT2D eigenvalue weighted by molar-refractivity contribution is 5.97. The molecule has 1 atom stereocenters. The van der Waals surface area contributed by atoms with Gasteiger partial charge in [-0.3, -0.25) is 9.36 Å². The first-order valence-electron chi connectivity index (χ1n) is 9.35. The lowest BCUT2D eigenvalue weighted by Crippen LogP contribution is -2.30. The quantitative estimate of drug-likeness (QED) is 0.858. The summed E-state index contributed by atoms with van der Waals surface area (Å²) in [4.78, 5) is 30.0. The molecule has 1 unspecified atom stereocenters. The number of benzene rings is 1. The molecule has 7 heteroatoms. The molecule has 0 spiro atoms. The summed E-state index contributed by atoms with van der Waals surface area (Å²) in [6.45, 7) is 2.56. The van der Waals surface area contributed by atoms with Gasteiger partial charge in [0.25, 0.3) is 5.91 Å². The molecule has 1 amide bonds. The molecule has 1 aliphatic carbocycles. The smallest absolute Gasteiger partial charge is 0.326 e. The Morgan fingerprint density at radius 1 is 1.27 bits per heavy atom. The van der Waals surface area contributed by atoms with Gasteiger partial charge in [-0.1, -0.05) is 12.8 Å². The average molecular weight is 379 g/mol. The zero-order valence-corrected chi connectivity index (χ0v) is 16.0. The number of carbonyl (C=O) groups is 1. The fraction of sp³-hybridized carbons (Fsp3) is 0.579. The van der Waals surface area contributed by atoms with Crippen LogP contribution in [0.1, 0.15) is 48.5 Å². The Kier molecular flexibility index (Phi) is 5.73. The summed E-state index contributed by atoms with van der Waals surface area (Å²) in [6.07, 6.45) is 5.54. The third kappa shape index (κ3) is 3.40. The minimum atomic E-state index is -0.0539. The third-order valence-corrected chi connectivity index (χ3v) is 5.72. The van der Waals surface area contributed by atoms with Crippen molar-refractivity contribution >= 4 is 29.3 Å². The van der Waals surface area contributed by atoms with Crippen LogP contribution in [0.4, 0.5) is 0 Å². The van der Waals surface area contributed by atoms with Crippen LogP contribution in [-0.4, -0.2) is 47.0 Å². The molecule has 26 heavy (non-hydrogen) atoms. The topological polar surface area (TPSA) is 70.1 Å². The minimum Gasteiger partial charge on any atom is -0.338 e. The van der Waals surface area contributed by atoms with Gasteiger partial charge in [0.05, 0.1) is 11.0 Å². The van der Waals surface area contributed by atoms with Crippen LogP contribution < -0.4 is 11.0 Å². The van der Waals surface area contributed by atoms with Gasteiger partial charge in [0.2, 0.25) is 0 Å². The lowest BCUT2D eigenvalue weighted by molar-refractivity contribution is 0.0787. The Hall–Kier alpha value is -1.79. The number of hydrogen-bond donors (Lipinski definition) is 2. The van der Waals surface area contributed by atoms with Crippen molar-refractivity contribution in [3.8, 4) is 0 Å². The van der Waals surface area contributed by atoms with E-state index in [0.29, 0.717) is 17.5 Å². The minimum absolute atomic E-state index is 0. The molecule has 6 nitrogen and oxygen atoms in total. The lowest BCUT2D eigenvalue weighted by atomic mass is 10.1. The fourth-order valence-electron chi connectivity index (χ4n) is 4.44. The van der Waals surface area contributed by atoms with Crippen LogP contribution in [0.5, 0.6) is 0 Å². The molecule has 1 aromatic heterocycles. The van der Waals surface area contributed by atoms with E-state index in [0.717, 1.165) is 49.9 Å². The van der Waals surface area contributed by atoms with Crippen molar-refractivity contribution in [1.29, 1.82) is 0 Å². The van der Waals surface area contributed by atoms with Gasteiger partial charge in [0, 0.05) is 24.7 Å². The molecular formula is C19H27ClN4O2. The van der Waals surface area contributed by atoms with Crippen molar-refractivity contribution in [1.82, 2.24) is 19.8 Å². The van der Waals surface area contributed by atoms with E-state index in [2.05, 4.69) is 10.3 Å². The van der Waals surface area contributed by atoms with Crippen LogP contribution >= 0.6 is 12.4 Å². The number of hydrogen-bond acceptors (Lipinski definition) is 3. The molecule has 2 N–H and O–H groups in total. The summed E-state index contributed by atoms with van der Waals surface area (Å²) in [5.41, 5.74) is 2.30. The number of nitrogens with zero attached hydrogens (tertiary/aromatic N) is 2. The van der Waals surface area contributed by atoms with Gasteiger partial charge in [-0.05, 0) is 57.0 Å². The zero-order chi connectivity index (χ0) is 17.4. The Bertz CT molecular complexity index is 838. The molecule has 2 aromatic rings. The number of likely N-dealkylation sites (tertiary alicyclic amines) is 1. The summed E-state index contributed by atoms with van der Waals surface area (Å²) in [5, 5.41) is 3.19. The number of H-pyrrole nitrogens is 1. The molecule has 0 bridgehead atoms. The summed E-state index contributed by atoms with van der Waals surface area (Å²) in [6, 6.07) is 5.94. The van der Waals surface area contributed by atoms with E-state index in [1.807, 2.05) is 34.7 Å². The van der Waals surface area contributed by atoms with Crippen molar-refractivity contribution in [3.05, 3.63) is 34.2 Å². The number of fused-ring (bicyclic) bond motifs is 1. The largest absolute Gasteiger partial charge is 0.338 e. The maximum atomic E-state index is 12.8. The van der Waals surface area contributed by atoms with Crippen molar-refractivity contribution in [2.75, 3.05) is 26.7 Å². The second-order valence-electron chi connectivity index (χ2n) is 7.43. The van der Waals surface area contributed by atoms with E-state index in [9.17, 15) is 9.59 Å². The molecule has 0 radical (unpaired) electrons. The number of aromatic amines is 1. The molecule has 1 aromatic carbocycles. The van der Waals surface area contributed by atoms with Crippen molar-refractivity contribution < 1.29 is 4.79 Å². The third-order valence-electron chi connectivity index (χ3n) is 5.72. The van der Waals surface area contributed by atoms with Gasteiger partial charge in [-0.2, -0.15) is 0 Å². The Balaban J connectivity index is 0.00000196. The Labute approximate surface area is 159 Å². The predicted octanol–water partition coefficient (Wildman–Crippen LogP) is 2.55. The van der Waals surface area contributed by atoms with Crippen LogP contribution in [0.25, 0.3) is 11.0 Å². The number of halogens is 1. The molecule has 2 fully saturated rings. The molecule has 142 valence electrons. The average Bonchev–Trinajstić information content (AvgIpc) is 3.32.